The third-order valence-electron chi connectivity index (χ3n) is 6.04. The maximum absolute atomic E-state index is 12.6. The van der Waals surface area contributed by atoms with Crippen molar-refractivity contribution < 1.29 is 24.2 Å². The lowest BCUT2D eigenvalue weighted by Crippen LogP contribution is -2.35. The van der Waals surface area contributed by atoms with E-state index in [9.17, 15) is 19.5 Å². The quantitative estimate of drug-likeness (QED) is 0.419. The Balaban J connectivity index is 1.15. The standard InChI is InChI=1S/C26H29ClN4O5/c27-20-8-6-18(7-9-20)14-30(17-25(34)35)24(33)5-3-1-2-4-12-36-21-10-11-22-19(13-21)15-31-16-23(32)29-26(31)28-22/h6-11,13H,1-5,12,14-17H2,(H,34,35)(H,28,29,32). The number of hydrogen-bond acceptors (Lipinski definition) is 6. The molecule has 190 valence electrons. The minimum absolute atomic E-state index is 0.0455. The highest BCUT2D eigenvalue weighted by Crippen LogP contribution is 2.30. The molecule has 10 heteroatoms. The molecule has 0 spiro atoms. The Morgan fingerprint density at radius 2 is 1.86 bits per heavy atom. The molecule has 2 amide bonds. The van der Waals surface area contributed by atoms with Crippen LogP contribution in [0, 0.1) is 0 Å². The van der Waals surface area contributed by atoms with Gasteiger partial charge in [-0.1, -0.05) is 36.6 Å². The Bertz CT molecular complexity index is 1150. The van der Waals surface area contributed by atoms with E-state index in [4.69, 9.17) is 16.3 Å². The first-order valence-corrected chi connectivity index (χ1v) is 12.4. The molecule has 0 radical (unpaired) electrons. The second kappa shape index (κ2) is 11.9. The molecule has 0 aliphatic carbocycles. The van der Waals surface area contributed by atoms with Crippen molar-refractivity contribution in [2.75, 3.05) is 19.7 Å². The van der Waals surface area contributed by atoms with Crippen molar-refractivity contribution in [2.45, 2.75) is 45.2 Å². The average Bonchev–Trinajstić information content (AvgIpc) is 3.21. The molecule has 2 aliphatic rings. The van der Waals surface area contributed by atoms with Crippen LogP contribution in [-0.2, 0) is 27.5 Å². The number of carbonyl (C=O) groups is 3. The fraction of sp³-hybridized carbons (Fsp3) is 0.385. The highest BCUT2D eigenvalue weighted by molar-refractivity contribution is 6.30. The summed E-state index contributed by atoms with van der Waals surface area (Å²) < 4.78 is 5.89. The number of nitrogens with one attached hydrogen (secondary N) is 1. The average molecular weight is 513 g/mol. The number of carbonyl (C=O) groups excluding carboxylic acids is 2. The summed E-state index contributed by atoms with van der Waals surface area (Å²) >= 11 is 5.90. The molecule has 4 rings (SSSR count). The van der Waals surface area contributed by atoms with Crippen molar-refractivity contribution in [3.05, 3.63) is 58.6 Å². The van der Waals surface area contributed by atoms with E-state index in [2.05, 4.69) is 10.3 Å². The molecule has 1 saturated heterocycles. The summed E-state index contributed by atoms with van der Waals surface area (Å²) in [6.45, 7) is 1.42. The van der Waals surface area contributed by atoms with Crippen LogP contribution >= 0.6 is 11.6 Å². The number of aliphatic imine (C=N–C) groups is 1. The molecule has 1 fully saturated rings. The zero-order valence-electron chi connectivity index (χ0n) is 19.9. The van der Waals surface area contributed by atoms with Gasteiger partial charge in [0.2, 0.25) is 17.8 Å². The molecular formula is C26H29ClN4O5. The minimum Gasteiger partial charge on any atom is -0.494 e. The number of halogens is 1. The molecular weight excluding hydrogens is 484 g/mol. The topological polar surface area (TPSA) is 112 Å². The van der Waals surface area contributed by atoms with Crippen LogP contribution < -0.4 is 10.1 Å². The van der Waals surface area contributed by atoms with Crippen LogP contribution in [0.25, 0.3) is 0 Å². The molecule has 0 bridgehead atoms. The van der Waals surface area contributed by atoms with E-state index in [1.54, 1.807) is 24.3 Å². The van der Waals surface area contributed by atoms with Gasteiger partial charge in [-0.05, 0) is 48.7 Å². The van der Waals surface area contributed by atoms with Crippen LogP contribution in [-0.4, -0.2) is 58.3 Å². The summed E-state index contributed by atoms with van der Waals surface area (Å²) in [5.74, 6) is 0.131. The molecule has 36 heavy (non-hydrogen) atoms. The zero-order valence-corrected chi connectivity index (χ0v) is 20.7. The number of guanidine groups is 1. The van der Waals surface area contributed by atoms with E-state index in [0.29, 0.717) is 43.5 Å². The summed E-state index contributed by atoms with van der Waals surface area (Å²) in [6, 6.07) is 12.8. The molecule has 0 unspecified atom stereocenters. The second-order valence-electron chi connectivity index (χ2n) is 8.91. The van der Waals surface area contributed by atoms with Crippen molar-refractivity contribution in [2.24, 2.45) is 4.99 Å². The maximum Gasteiger partial charge on any atom is 0.323 e. The van der Waals surface area contributed by atoms with Crippen LogP contribution in [0.2, 0.25) is 5.02 Å². The molecule has 2 aliphatic heterocycles. The highest BCUT2D eigenvalue weighted by atomic mass is 35.5. The third kappa shape index (κ3) is 6.97. The zero-order chi connectivity index (χ0) is 25.5. The normalized spacial score (nSPS) is 14.0. The van der Waals surface area contributed by atoms with E-state index >= 15 is 0 Å². The first kappa shape index (κ1) is 25.5. The van der Waals surface area contributed by atoms with Gasteiger partial charge in [-0.3, -0.25) is 19.7 Å². The summed E-state index contributed by atoms with van der Waals surface area (Å²) in [4.78, 5) is 43.1. The van der Waals surface area contributed by atoms with Crippen molar-refractivity contribution in [1.82, 2.24) is 15.1 Å². The van der Waals surface area contributed by atoms with Gasteiger partial charge in [0, 0.05) is 30.1 Å². The number of amides is 2. The number of ether oxygens (including phenoxy) is 1. The van der Waals surface area contributed by atoms with Gasteiger partial charge in [0.15, 0.2) is 0 Å². The van der Waals surface area contributed by atoms with Gasteiger partial charge >= 0.3 is 5.97 Å². The summed E-state index contributed by atoms with van der Waals surface area (Å²) in [7, 11) is 0. The van der Waals surface area contributed by atoms with E-state index in [0.717, 1.165) is 41.8 Å². The number of unbranched alkanes of at least 4 members (excludes halogenated alkanes) is 3. The summed E-state index contributed by atoms with van der Waals surface area (Å²) in [6.07, 6.45) is 3.61. The summed E-state index contributed by atoms with van der Waals surface area (Å²) in [5, 5.41) is 12.5. The fourth-order valence-electron chi connectivity index (χ4n) is 4.21. The molecule has 2 aromatic carbocycles. The van der Waals surface area contributed by atoms with E-state index < -0.39 is 5.97 Å². The fourth-order valence-corrected chi connectivity index (χ4v) is 4.34. The van der Waals surface area contributed by atoms with E-state index in [-0.39, 0.29) is 24.9 Å². The highest BCUT2D eigenvalue weighted by Gasteiger charge is 2.29. The second-order valence-corrected chi connectivity index (χ2v) is 9.35. The molecule has 0 saturated carbocycles. The summed E-state index contributed by atoms with van der Waals surface area (Å²) in [5.41, 5.74) is 2.70. The predicted octanol–water partition coefficient (Wildman–Crippen LogP) is 3.72. The minimum atomic E-state index is -1.03. The van der Waals surface area contributed by atoms with Crippen molar-refractivity contribution in [3.8, 4) is 5.75 Å². The Hall–Kier alpha value is -3.59. The molecule has 9 nitrogen and oxygen atoms in total. The van der Waals surface area contributed by atoms with Gasteiger partial charge in [-0.15, -0.1) is 0 Å². The third-order valence-corrected chi connectivity index (χ3v) is 6.29. The van der Waals surface area contributed by atoms with Crippen LogP contribution in [0.4, 0.5) is 5.69 Å². The molecule has 0 atom stereocenters. The van der Waals surface area contributed by atoms with E-state index in [1.165, 1.54) is 4.90 Å². The number of carboxylic acids is 1. The number of hydrogen-bond donors (Lipinski definition) is 2. The first-order valence-electron chi connectivity index (χ1n) is 12.0. The van der Waals surface area contributed by atoms with Crippen molar-refractivity contribution in [1.29, 1.82) is 0 Å². The van der Waals surface area contributed by atoms with Crippen LogP contribution in [0.3, 0.4) is 0 Å². The van der Waals surface area contributed by atoms with Gasteiger partial charge in [-0.25, -0.2) is 4.99 Å². The number of rotatable bonds is 12. The number of benzene rings is 2. The Kier molecular flexibility index (Phi) is 8.43. The predicted molar refractivity (Wildman–Crippen MR) is 135 cm³/mol. The SMILES string of the molecule is O=C(O)CN(Cc1ccc(Cl)cc1)C(=O)CCCCCCOc1ccc2c(c1)CN1CC(=O)NC1=N2. The monoisotopic (exact) mass is 512 g/mol. The number of nitrogens with zero attached hydrogens (tertiary/aromatic N) is 3. The van der Waals surface area contributed by atoms with Crippen LogP contribution in [0.1, 0.15) is 43.2 Å². The van der Waals surface area contributed by atoms with Gasteiger partial charge < -0.3 is 19.6 Å². The van der Waals surface area contributed by atoms with Crippen molar-refractivity contribution in [3.63, 3.8) is 0 Å². The number of carboxylic acid groups (broad SMARTS) is 1. The first-order chi connectivity index (χ1) is 17.4. The maximum atomic E-state index is 12.6. The van der Waals surface area contributed by atoms with Gasteiger partial charge in [-0.2, -0.15) is 0 Å². The molecule has 2 aromatic rings. The Morgan fingerprint density at radius 3 is 2.64 bits per heavy atom. The Labute approximate surface area is 214 Å². The lowest BCUT2D eigenvalue weighted by molar-refractivity contribution is -0.145. The molecule has 2 heterocycles. The molecule has 0 aromatic heterocycles. The number of aliphatic carboxylic acids is 1. The number of fused-ring (bicyclic) bond motifs is 2. The lowest BCUT2D eigenvalue weighted by Gasteiger charge is -2.23. The molecule has 2 N–H and O–H groups in total. The largest absolute Gasteiger partial charge is 0.494 e. The van der Waals surface area contributed by atoms with Gasteiger partial charge in [0.1, 0.15) is 18.8 Å². The van der Waals surface area contributed by atoms with E-state index in [1.807, 2.05) is 23.1 Å². The van der Waals surface area contributed by atoms with Gasteiger partial charge in [0.25, 0.3) is 0 Å². The van der Waals surface area contributed by atoms with Crippen molar-refractivity contribution >= 4 is 41.0 Å². The Morgan fingerprint density at radius 1 is 1.08 bits per heavy atom. The smallest absolute Gasteiger partial charge is 0.323 e. The lowest BCUT2D eigenvalue weighted by atomic mass is 10.1. The van der Waals surface area contributed by atoms with Crippen LogP contribution in [0.5, 0.6) is 5.75 Å². The van der Waals surface area contributed by atoms with Gasteiger partial charge in [0.05, 0.1) is 12.3 Å². The van der Waals surface area contributed by atoms with Crippen LogP contribution in [0.15, 0.2) is 47.5 Å².